The van der Waals surface area contributed by atoms with Crippen LogP contribution in [0, 0.1) is 6.92 Å². The molecule has 2 rings (SSSR count). The summed E-state index contributed by atoms with van der Waals surface area (Å²) in [7, 11) is -3.64. The molecule has 0 saturated carbocycles. The van der Waals surface area contributed by atoms with Gasteiger partial charge in [-0.25, -0.2) is 12.4 Å². The summed E-state index contributed by atoms with van der Waals surface area (Å²) in [5.74, 6) is -0.148. The van der Waals surface area contributed by atoms with Gasteiger partial charge in [-0.3, -0.25) is 4.79 Å². The maximum Gasteiger partial charge on any atom is 0.267 e. The third-order valence-electron chi connectivity index (χ3n) is 2.71. The van der Waals surface area contributed by atoms with E-state index >= 15 is 0 Å². The minimum atomic E-state index is -3.64. The molecule has 4 nitrogen and oxygen atoms in total. The summed E-state index contributed by atoms with van der Waals surface area (Å²) in [6.07, 6.45) is 1.36. The molecule has 0 fully saturated rings. The molecule has 0 saturated heterocycles. The predicted octanol–water partition coefficient (Wildman–Crippen LogP) is 2.61. The molecule has 0 atom stereocenters. The van der Waals surface area contributed by atoms with Crippen LogP contribution < -0.4 is 0 Å². The SMILES string of the molecule is Cc1cc(C(=O)CBr)cn1S(=O)(=O)c1ccccc1. The van der Waals surface area contributed by atoms with Gasteiger partial charge >= 0.3 is 0 Å². The molecule has 1 aromatic heterocycles. The largest absolute Gasteiger partial charge is 0.293 e. The number of ketones is 1. The number of benzene rings is 1. The molecule has 19 heavy (non-hydrogen) atoms. The second kappa shape index (κ2) is 5.30. The van der Waals surface area contributed by atoms with Crippen LogP contribution in [0.15, 0.2) is 47.5 Å². The van der Waals surface area contributed by atoms with Gasteiger partial charge in [0.2, 0.25) is 0 Å². The number of hydrogen-bond donors (Lipinski definition) is 0. The molecule has 1 aromatic carbocycles. The van der Waals surface area contributed by atoms with Gasteiger partial charge in [-0.2, -0.15) is 0 Å². The Morgan fingerprint density at radius 3 is 2.47 bits per heavy atom. The predicted molar refractivity (Wildman–Crippen MR) is 76.3 cm³/mol. The summed E-state index contributed by atoms with van der Waals surface area (Å²) in [4.78, 5) is 11.8. The van der Waals surface area contributed by atoms with Crippen molar-refractivity contribution in [1.82, 2.24) is 3.97 Å². The van der Waals surface area contributed by atoms with Crippen molar-refractivity contribution < 1.29 is 13.2 Å². The van der Waals surface area contributed by atoms with E-state index in [0.717, 1.165) is 3.97 Å². The van der Waals surface area contributed by atoms with E-state index in [1.165, 1.54) is 18.3 Å². The van der Waals surface area contributed by atoms with Crippen LogP contribution in [0.3, 0.4) is 0 Å². The molecule has 0 aliphatic carbocycles. The fourth-order valence-electron chi connectivity index (χ4n) is 1.75. The first-order valence-corrected chi connectivity index (χ1v) is 8.12. The fraction of sp³-hybridized carbons (Fsp3) is 0.154. The molecule has 0 aliphatic heterocycles. The highest BCUT2D eigenvalue weighted by molar-refractivity contribution is 9.09. The van der Waals surface area contributed by atoms with E-state index in [-0.39, 0.29) is 16.0 Å². The Morgan fingerprint density at radius 2 is 1.89 bits per heavy atom. The van der Waals surface area contributed by atoms with Crippen LogP contribution in [-0.2, 0) is 10.0 Å². The number of Topliss-reactive ketones (excluding diaryl/α,β-unsaturated/α-hetero) is 1. The quantitative estimate of drug-likeness (QED) is 0.634. The van der Waals surface area contributed by atoms with Crippen LogP contribution >= 0.6 is 15.9 Å². The van der Waals surface area contributed by atoms with Crippen molar-refractivity contribution in [3.05, 3.63) is 53.9 Å². The lowest BCUT2D eigenvalue weighted by Gasteiger charge is -2.07. The third-order valence-corrected chi connectivity index (χ3v) is 5.00. The van der Waals surface area contributed by atoms with E-state index in [4.69, 9.17) is 0 Å². The fourth-order valence-corrected chi connectivity index (χ4v) is 3.48. The zero-order valence-electron chi connectivity index (χ0n) is 10.2. The first-order chi connectivity index (χ1) is 8.96. The van der Waals surface area contributed by atoms with Gasteiger partial charge in [-0.05, 0) is 25.1 Å². The monoisotopic (exact) mass is 341 g/mol. The van der Waals surface area contributed by atoms with Gasteiger partial charge in [-0.15, -0.1) is 0 Å². The van der Waals surface area contributed by atoms with Gasteiger partial charge in [0.1, 0.15) is 0 Å². The van der Waals surface area contributed by atoms with Gasteiger partial charge in [-0.1, -0.05) is 34.1 Å². The van der Waals surface area contributed by atoms with Gasteiger partial charge in [0, 0.05) is 17.5 Å². The van der Waals surface area contributed by atoms with E-state index in [9.17, 15) is 13.2 Å². The summed E-state index contributed by atoms with van der Waals surface area (Å²) in [6, 6.07) is 9.71. The summed E-state index contributed by atoms with van der Waals surface area (Å²) in [6.45, 7) is 1.66. The Hall–Kier alpha value is -1.40. The number of aryl methyl sites for hydroxylation is 1. The standard InChI is InChI=1S/C13H12BrNO3S/c1-10-7-11(13(16)8-14)9-15(10)19(17,18)12-5-3-2-4-6-12/h2-7,9H,8H2,1H3. The van der Waals surface area contributed by atoms with Crippen molar-refractivity contribution in [1.29, 1.82) is 0 Å². The molecule has 0 amide bonds. The van der Waals surface area contributed by atoms with Crippen molar-refractivity contribution in [3.8, 4) is 0 Å². The number of carbonyl (C=O) groups excluding carboxylic acids is 1. The maximum absolute atomic E-state index is 12.4. The smallest absolute Gasteiger partial charge is 0.267 e. The molecule has 100 valence electrons. The van der Waals surface area contributed by atoms with Crippen molar-refractivity contribution in [2.24, 2.45) is 0 Å². The molecule has 0 spiro atoms. The summed E-state index contributed by atoms with van der Waals surface area (Å²) >= 11 is 3.07. The Bertz CT molecular complexity index is 705. The lowest BCUT2D eigenvalue weighted by Crippen LogP contribution is -2.13. The van der Waals surface area contributed by atoms with Crippen LogP contribution in [0.4, 0.5) is 0 Å². The highest BCUT2D eigenvalue weighted by Crippen LogP contribution is 2.18. The minimum absolute atomic E-state index is 0.148. The molecule has 0 radical (unpaired) electrons. The highest BCUT2D eigenvalue weighted by Gasteiger charge is 2.20. The molecule has 0 aliphatic rings. The Balaban J connectivity index is 2.54. The number of rotatable bonds is 4. The Morgan fingerprint density at radius 1 is 1.26 bits per heavy atom. The summed E-state index contributed by atoms with van der Waals surface area (Å²) in [5.41, 5.74) is 0.891. The van der Waals surface area contributed by atoms with Crippen molar-refractivity contribution in [2.75, 3.05) is 5.33 Å². The molecular weight excluding hydrogens is 330 g/mol. The van der Waals surface area contributed by atoms with Crippen LogP contribution in [0.25, 0.3) is 0 Å². The number of nitrogens with zero attached hydrogens (tertiary/aromatic N) is 1. The minimum Gasteiger partial charge on any atom is -0.293 e. The Labute approximate surface area is 120 Å². The molecule has 6 heteroatoms. The topological polar surface area (TPSA) is 56.1 Å². The van der Waals surface area contributed by atoms with E-state index in [1.807, 2.05) is 0 Å². The molecule has 0 N–H and O–H groups in total. The number of hydrogen-bond acceptors (Lipinski definition) is 3. The average molecular weight is 342 g/mol. The molecule has 2 aromatic rings. The maximum atomic E-state index is 12.4. The summed E-state index contributed by atoms with van der Waals surface area (Å²) < 4.78 is 26.0. The van der Waals surface area contributed by atoms with Gasteiger partial charge in [0.15, 0.2) is 5.78 Å². The number of halogens is 1. The van der Waals surface area contributed by atoms with Crippen molar-refractivity contribution in [2.45, 2.75) is 11.8 Å². The van der Waals surface area contributed by atoms with E-state index in [2.05, 4.69) is 15.9 Å². The normalized spacial score (nSPS) is 11.5. The molecular formula is C13H12BrNO3S. The van der Waals surface area contributed by atoms with E-state index < -0.39 is 10.0 Å². The van der Waals surface area contributed by atoms with Crippen molar-refractivity contribution in [3.63, 3.8) is 0 Å². The zero-order valence-corrected chi connectivity index (χ0v) is 12.6. The first-order valence-electron chi connectivity index (χ1n) is 5.55. The number of carbonyl (C=O) groups is 1. The number of alkyl halides is 1. The zero-order chi connectivity index (χ0) is 14.0. The first kappa shape index (κ1) is 14.0. The summed E-state index contributed by atoms with van der Waals surface area (Å²) in [5, 5.41) is 0.168. The lowest BCUT2D eigenvalue weighted by atomic mass is 10.2. The van der Waals surface area contributed by atoms with Gasteiger partial charge < -0.3 is 0 Å². The highest BCUT2D eigenvalue weighted by atomic mass is 79.9. The van der Waals surface area contributed by atoms with Gasteiger partial charge in [0.25, 0.3) is 10.0 Å². The van der Waals surface area contributed by atoms with Crippen LogP contribution in [-0.4, -0.2) is 23.5 Å². The van der Waals surface area contributed by atoms with E-state index in [0.29, 0.717) is 11.3 Å². The average Bonchev–Trinajstić information content (AvgIpc) is 2.81. The molecule has 0 bridgehead atoms. The second-order valence-corrected chi connectivity index (χ2v) is 6.42. The van der Waals surface area contributed by atoms with Crippen LogP contribution in [0.2, 0.25) is 0 Å². The number of aromatic nitrogens is 1. The van der Waals surface area contributed by atoms with E-state index in [1.54, 1.807) is 31.2 Å². The second-order valence-electron chi connectivity index (χ2n) is 4.04. The van der Waals surface area contributed by atoms with Crippen LogP contribution in [0.5, 0.6) is 0 Å². The van der Waals surface area contributed by atoms with Crippen molar-refractivity contribution >= 4 is 31.7 Å². The lowest BCUT2D eigenvalue weighted by molar-refractivity contribution is 0.102. The third kappa shape index (κ3) is 2.64. The molecule has 1 heterocycles. The Kier molecular flexibility index (Phi) is 3.91. The van der Waals surface area contributed by atoms with Crippen LogP contribution in [0.1, 0.15) is 16.1 Å². The molecule has 0 unspecified atom stereocenters. The van der Waals surface area contributed by atoms with Gasteiger partial charge in [0.05, 0.1) is 10.2 Å².